The average Bonchev–Trinajstić information content (AvgIpc) is 2.59. The minimum atomic E-state index is -3.58. The Morgan fingerprint density at radius 2 is 1.72 bits per heavy atom. The zero-order valence-corrected chi connectivity index (χ0v) is 16.2. The van der Waals surface area contributed by atoms with Crippen LogP contribution in [0, 0.1) is 0 Å². The van der Waals surface area contributed by atoms with Crippen molar-refractivity contribution in [2.24, 2.45) is 0 Å². The Balaban J connectivity index is 2.17. The van der Waals surface area contributed by atoms with Gasteiger partial charge in [0.05, 0.1) is 12.0 Å². The first-order valence-corrected chi connectivity index (χ1v) is 9.67. The van der Waals surface area contributed by atoms with Gasteiger partial charge in [-0.05, 0) is 47.4 Å². The van der Waals surface area contributed by atoms with Gasteiger partial charge < -0.3 is 9.64 Å². The van der Waals surface area contributed by atoms with E-state index in [0.717, 1.165) is 16.8 Å². The lowest BCUT2D eigenvalue weighted by atomic mass is 10.0. The maximum atomic E-state index is 12.6. The number of anilines is 1. The van der Waals surface area contributed by atoms with Gasteiger partial charge >= 0.3 is 0 Å². The van der Waals surface area contributed by atoms with E-state index in [4.69, 9.17) is 4.74 Å². The third kappa shape index (κ3) is 4.74. The van der Waals surface area contributed by atoms with Gasteiger partial charge in [-0.25, -0.2) is 13.1 Å². The molecule has 0 atom stereocenters. The zero-order chi connectivity index (χ0) is 18.6. The Morgan fingerprint density at radius 3 is 2.24 bits per heavy atom. The van der Waals surface area contributed by atoms with Crippen LogP contribution >= 0.6 is 0 Å². The molecule has 0 aliphatic rings. The highest BCUT2D eigenvalue weighted by Crippen LogP contribution is 2.28. The number of nitrogens with zero attached hydrogens (tertiary/aromatic N) is 1. The first-order valence-electron chi connectivity index (χ1n) is 8.18. The van der Waals surface area contributed by atoms with Crippen molar-refractivity contribution in [3.05, 3.63) is 53.6 Å². The van der Waals surface area contributed by atoms with Crippen molar-refractivity contribution in [2.45, 2.75) is 31.2 Å². The van der Waals surface area contributed by atoms with Crippen LogP contribution in [0.25, 0.3) is 0 Å². The molecular formula is C19H26N2O3S. The fourth-order valence-corrected chi connectivity index (χ4v) is 3.56. The molecule has 25 heavy (non-hydrogen) atoms. The van der Waals surface area contributed by atoms with Crippen molar-refractivity contribution in [2.75, 3.05) is 26.1 Å². The minimum absolute atomic E-state index is 0.170. The van der Waals surface area contributed by atoms with Crippen LogP contribution in [0.3, 0.4) is 0 Å². The molecule has 0 aliphatic carbocycles. The third-order valence-electron chi connectivity index (χ3n) is 4.05. The fraction of sp³-hybridized carbons (Fsp3) is 0.368. The summed E-state index contributed by atoms with van der Waals surface area (Å²) in [5.41, 5.74) is 2.86. The van der Waals surface area contributed by atoms with Gasteiger partial charge in [-0.2, -0.15) is 0 Å². The van der Waals surface area contributed by atoms with Crippen molar-refractivity contribution in [1.82, 2.24) is 4.72 Å². The lowest BCUT2D eigenvalue weighted by Gasteiger charge is -2.15. The molecule has 5 nitrogen and oxygen atoms in total. The van der Waals surface area contributed by atoms with E-state index in [-0.39, 0.29) is 17.4 Å². The molecule has 0 amide bonds. The van der Waals surface area contributed by atoms with E-state index in [1.165, 1.54) is 0 Å². The van der Waals surface area contributed by atoms with Crippen molar-refractivity contribution in [1.29, 1.82) is 0 Å². The second-order valence-corrected chi connectivity index (χ2v) is 8.21. The first-order chi connectivity index (χ1) is 11.7. The Hall–Kier alpha value is -2.05. The quantitative estimate of drug-likeness (QED) is 0.820. The van der Waals surface area contributed by atoms with E-state index in [1.54, 1.807) is 25.3 Å². The van der Waals surface area contributed by atoms with Crippen LogP contribution in [0.1, 0.15) is 30.9 Å². The van der Waals surface area contributed by atoms with Gasteiger partial charge in [0.15, 0.2) is 0 Å². The van der Waals surface area contributed by atoms with Crippen molar-refractivity contribution < 1.29 is 13.2 Å². The second kappa shape index (κ2) is 7.89. The average molecular weight is 362 g/mol. The minimum Gasteiger partial charge on any atom is -0.496 e. The zero-order valence-electron chi connectivity index (χ0n) is 15.4. The van der Waals surface area contributed by atoms with E-state index in [9.17, 15) is 8.42 Å². The van der Waals surface area contributed by atoms with Gasteiger partial charge in [0, 0.05) is 26.3 Å². The van der Waals surface area contributed by atoms with Crippen LogP contribution < -0.4 is 14.4 Å². The summed E-state index contributed by atoms with van der Waals surface area (Å²) in [6.07, 6.45) is 0. The summed E-state index contributed by atoms with van der Waals surface area (Å²) in [5, 5.41) is 0. The normalized spacial score (nSPS) is 11.6. The number of ether oxygens (including phenoxy) is 1. The summed E-state index contributed by atoms with van der Waals surface area (Å²) >= 11 is 0. The number of nitrogens with one attached hydrogen (secondary N) is 1. The molecule has 0 bridgehead atoms. The number of rotatable bonds is 7. The van der Waals surface area contributed by atoms with Crippen molar-refractivity contribution in [3.63, 3.8) is 0 Å². The highest BCUT2D eigenvalue weighted by Gasteiger charge is 2.17. The maximum absolute atomic E-state index is 12.6. The van der Waals surface area contributed by atoms with Gasteiger partial charge in [0.1, 0.15) is 5.75 Å². The predicted molar refractivity (Wildman–Crippen MR) is 102 cm³/mol. The number of hydrogen-bond donors (Lipinski definition) is 1. The maximum Gasteiger partial charge on any atom is 0.240 e. The van der Waals surface area contributed by atoms with Gasteiger partial charge in [-0.3, -0.25) is 0 Å². The first kappa shape index (κ1) is 19.3. The highest BCUT2D eigenvalue weighted by atomic mass is 32.2. The largest absolute Gasteiger partial charge is 0.496 e. The Labute approximate surface area is 150 Å². The molecular weight excluding hydrogens is 336 g/mol. The van der Waals surface area contributed by atoms with Crippen LogP contribution in [0.4, 0.5) is 5.69 Å². The fourth-order valence-electron chi connectivity index (χ4n) is 2.50. The predicted octanol–water partition coefficient (Wildman–Crippen LogP) is 3.36. The lowest BCUT2D eigenvalue weighted by Crippen LogP contribution is -2.23. The smallest absolute Gasteiger partial charge is 0.240 e. The van der Waals surface area contributed by atoms with Crippen LogP contribution in [-0.4, -0.2) is 29.6 Å². The molecule has 0 fully saturated rings. The summed E-state index contributed by atoms with van der Waals surface area (Å²) in [4.78, 5) is 2.25. The molecule has 0 unspecified atom stereocenters. The Morgan fingerprint density at radius 1 is 1.08 bits per heavy atom. The van der Waals surface area contributed by atoms with E-state index in [0.29, 0.717) is 5.75 Å². The molecule has 2 aromatic rings. The number of hydrogen-bond acceptors (Lipinski definition) is 4. The Kier molecular flexibility index (Phi) is 6.08. The van der Waals surface area contributed by atoms with Crippen LogP contribution in [0.15, 0.2) is 47.4 Å². The molecule has 2 aromatic carbocycles. The molecule has 6 heteroatoms. The molecule has 0 saturated heterocycles. The van der Waals surface area contributed by atoms with Crippen LogP contribution in [0.2, 0.25) is 0 Å². The SMILES string of the molecule is COc1ccc(S(=O)(=O)NCc2ccc(N(C)C)cc2)cc1C(C)C. The summed E-state index contributed by atoms with van der Waals surface area (Å²) in [6.45, 7) is 4.26. The monoisotopic (exact) mass is 362 g/mol. The molecule has 0 aromatic heterocycles. The second-order valence-electron chi connectivity index (χ2n) is 6.44. The van der Waals surface area contributed by atoms with E-state index < -0.39 is 10.0 Å². The third-order valence-corrected chi connectivity index (χ3v) is 5.45. The van der Waals surface area contributed by atoms with Gasteiger partial charge in [0.2, 0.25) is 10.0 Å². The van der Waals surface area contributed by atoms with Gasteiger partial charge in [-0.1, -0.05) is 26.0 Å². The molecule has 0 saturated carbocycles. The summed E-state index contributed by atoms with van der Waals surface area (Å²) in [7, 11) is 1.94. The highest BCUT2D eigenvalue weighted by molar-refractivity contribution is 7.89. The summed E-state index contributed by atoms with van der Waals surface area (Å²) in [5.74, 6) is 0.872. The number of benzene rings is 2. The molecule has 0 spiro atoms. The number of methoxy groups -OCH3 is 1. The van der Waals surface area contributed by atoms with E-state index in [1.807, 2.05) is 57.1 Å². The molecule has 0 aliphatic heterocycles. The summed E-state index contributed by atoms with van der Waals surface area (Å²) in [6, 6.07) is 12.7. The molecule has 0 heterocycles. The molecule has 0 radical (unpaired) electrons. The van der Waals surface area contributed by atoms with E-state index in [2.05, 4.69) is 4.72 Å². The topological polar surface area (TPSA) is 58.6 Å². The molecule has 1 N–H and O–H groups in total. The van der Waals surface area contributed by atoms with Gasteiger partial charge in [0.25, 0.3) is 0 Å². The van der Waals surface area contributed by atoms with Crippen LogP contribution in [-0.2, 0) is 16.6 Å². The molecule has 2 rings (SSSR count). The summed E-state index contributed by atoms with van der Waals surface area (Å²) < 4.78 is 33.2. The van der Waals surface area contributed by atoms with Crippen molar-refractivity contribution in [3.8, 4) is 5.75 Å². The number of sulfonamides is 1. The van der Waals surface area contributed by atoms with Crippen LogP contribution in [0.5, 0.6) is 5.75 Å². The lowest BCUT2D eigenvalue weighted by molar-refractivity contribution is 0.407. The molecule has 136 valence electrons. The van der Waals surface area contributed by atoms with E-state index >= 15 is 0 Å². The standard InChI is InChI=1S/C19H26N2O3S/c1-14(2)18-12-17(10-11-19(18)24-5)25(22,23)20-13-15-6-8-16(9-7-15)21(3)4/h6-12,14,20H,13H2,1-5H3. The van der Waals surface area contributed by atoms with Gasteiger partial charge in [-0.15, -0.1) is 0 Å². The van der Waals surface area contributed by atoms with Crippen molar-refractivity contribution >= 4 is 15.7 Å². The Bertz CT molecular complexity index is 813.